The van der Waals surface area contributed by atoms with Crippen LogP contribution in [-0.2, 0) is 9.59 Å². The summed E-state index contributed by atoms with van der Waals surface area (Å²) in [5, 5.41) is 6.51. The highest BCUT2D eigenvalue weighted by atomic mass is 16.5. The number of nitrogens with zero attached hydrogens (tertiary/aromatic N) is 1. The maximum Gasteiger partial charge on any atom is 0.243 e. The number of rotatable bonds is 5. The van der Waals surface area contributed by atoms with E-state index in [1.165, 1.54) is 0 Å². The minimum absolute atomic E-state index is 0.0306. The Morgan fingerprint density at radius 1 is 1.29 bits per heavy atom. The molecule has 0 aliphatic carbocycles. The van der Waals surface area contributed by atoms with E-state index in [1.54, 1.807) is 0 Å². The first kappa shape index (κ1) is 19.2. The third-order valence-electron chi connectivity index (χ3n) is 6.52. The molecule has 0 spiro atoms. The lowest BCUT2D eigenvalue weighted by Gasteiger charge is -2.53. The van der Waals surface area contributed by atoms with Crippen molar-refractivity contribution >= 4 is 11.8 Å². The first-order valence-corrected chi connectivity index (χ1v) is 10.5. The number of amides is 2. The SMILES string of the molecule is Cc1ccc(C)c(OCCNC(=O)[C@H]2[C@@H]3CNC[C@@H](C3)[C@@H]3CCCC(=O)N32)c1. The second-order valence-electron chi connectivity index (χ2n) is 8.53. The molecular weight excluding hydrogens is 354 g/mol. The molecule has 2 bridgehead atoms. The Morgan fingerprint density at radius 2 is 2.11 bits per heavy atom. The van der Waals surface area contributed by atoms with Gasteiger partial charge in [0.15, 0.2) is 0 Å². The van der Waals surface area contributed by atoms with Gasteiger partial charge in [0, 0.05) is 24.9 Å². The molecule has 6 heteroatoms. The minimum atomic E-state index is -0.345. The molecule has 6 nitrogen and oxygen atoms in total. The highest BCUT2D eigenvalue weighted by Gasteiger charge is 2.50. The molecule has 1 aromatic carbocycles. The molecule has 4 atom stereocenters. The molecule has 2 N–H and O–H groups in total. The molecule has 3 aliphatic rings. The molecule has 1 aromatic rings. The third kappa shape index (κ3) is 3.75. The number of hydrogen-bond acceptors (Lipinski definition) is 4. The largest absolute Gasteiger partial charge is 0.491 e. The lowest BCUT2D eigenvalue weighted by molar-refractivity contribution is -0.157. The topological polar surface area (TPSA) is 70.7 Å². The maximum absolute atomic E-state index is 13.0. The number of hydrogen-bond donors (Lipinski definition) is 2. The van der Waals surface area contributed by atoms with Gasteiger partial charge in [0.05, 0.1) is 6.54 Å². The average Bonchev–Trinajstić information content (AvgIpc) is 2.69. The van der Waals surface area contributed by atoms with Gasteiger partial charge in [0.2, 0.25) is 11.8 Å². The van der Waals surface area contributed by atoms with Gasteiger partial charge in [-0.25, -0.2) is 0 Å². The van der Waals surface area contributed by atoms with E-state index in [1.807, 2.05) is 30.9 Å². The molecule has 3 aliphatic heterocycles. The van der Waals surface area contributed by atoms with Gasteiger partial charge in [-0.2, -0.15) is 0 Å². The summed E-state index contributed by atoms with van der Waals surface area (Å²) >= 11 is 0. The van der Waals surface area contributed by atoms with Crippen LogP contribution in [0.5, 0.6) is 5.75 Å². The zero-order valence-corrected chi connectivity index (χ0v) is 16.9. The smallest absolute Gasteiger partial charge is 0.243 e. The fraction of sp³-hybridized carbons (Fsp3) is 0.636. The predicted molar refractivity (Wildman–Crippen MR) is 107 cm³/mol. The fourth-order valence-electron chi connectivity index (χ4n) is 5.15. The number of carbonyl (C=O) groups is 2. The van der Waals surface area contributed by atoms with Crippen LogP contribution in [-0.4, -0.2) is 55.0 Å². The van der Waals surface area contributed by atoms with Crippen molar-refractivity contribution in [3.63, 3.8) is 0 Å². The number of nitrogens with one attached hydrogen (secondary N) is 2. The van der Waals surface area contributed by atoms with E-state index in [0.29, 0.717) is 25.5 Å². The molecule has 28 heavy (non-hydrogen) atoms. The third-order valence-corrected chi connectivity index (χ3v) is 6.52. The molecule has 2 amide bonds. The Labute approximate surface area is 167 Å². The summed E-state index contributed by atoms with van der Waals surface area (Å²) in [5.41, 5.74) is 2.24. The summed E-state index contributed by atoms with van der Waals surface area (Å²) in [5.74, 6) is 1.67. The Morgan fingerprint density at radius 3 is 2.96 bits per heavy atom. The van der Waals surface area contributed by atoms with E-state index >= 15 is 0 Å². The van der Waals surface area contributed by atoms with Crippen molar-refractivity contribution in [1.29, 1.82) is 0 Å². The zero-order valence-electron chi connectivity index (χ0n) is 16.9. The number of ether oxygens (including phenoxy) is 1. The first-order chi connectivity index (χ1) is 13.5. The van der Waals surface area contributed by atoms with Crippen LogP contribution < -0.4 is 15.4 Å². The number of carbonyl (C=O) groups excluding carboxylic acids is 2. The van der Waals surface area contributed by atoms with Crippen LogP contribution >= 0.6 is 0 Å². The number of piperidine rings is 3. The summed E-state index contributed by atoms with van der Waals surface area (Å²) in [6.07, 6.45) is 3.57. The van der Waals surface area contributed by atoms with Crippen molar-refractivity contribution < 1.29 is 14.3 Å². The molecule has 3 fully saturated rings. The fourth-order valence-corrected chi connectivity index (χ4v) is 5.15. The van der Waals surface area contributed by atoms with Crippen molar-refractivity contribution in [2.75, 3.05) is 26.2 Å². The van der Waals surface area contributed by atoms with Crippen LogP contribution in [0.4, 0.5) is 0 Å². The lowest BCUT2D eigenvalue weighted by atomic mass is 9.72. The molecule has 0 saturated carbocycles. The minimum Gasteiger partial charge on any atom is -0.491 e. The quantitative estimate of drug-likeness (QED) is 0.758. The van der Waals surface area contributed by atoms with Gasteiger partial charge in [-0.1, -0.05) is 12.1 Å². The van der Waals surface area contributed by atoms with Crippen LogP contribution in [0.25, 0.3) is 0 Å². The number of benzene rings is 1. The Hall–Kier alpha value is -2.08. The van der Waals surface area contributed by atoms with E-state index in [2.05, 4.69) is 16.7 Å². The van der Waals surface area contributed by atoms with E-state index in [0.717, 1.165) is 49.2 Å². The van der Waals surface area contributed by atoms with Gasteiger partial charge in [0.1, 0.15) is 18.4 Å². The molecule has 0 unspecified atom stereocenters. The summed E-state index contributed by atoms with van der Waals surface area (Å²) < 4.78 is 5.86. The van der Waals surface area contributed by atoms with E-state index < -0.39 is 0 Å². The Kier molecular flexibility index (Phi) is 5.58. The standard InChI is InChI=1S/C22H31N3O3/c1-14-6-7-15(2)19(10-14)28-9-8-24-22(27)21-17-11-16(12-23-13-17)18-4-3-5-20(26)25(18)21/h6-7,10,16-18,21,23H,3-5,8-9,11-13H2,1-2H3,(H,24,27)/t16-,17+,18+,21-/m1/s1. The van der Waals surface area contributed by atoms with E-state index in [9.17, 15) is 9.59 Å². The Bertz CT molecular complexity index is 751. The second-order valence-corrected chi connectivity index (χ2v) is 8.53. The van der Waals surface area contributed by atoms with Crippen LogP contribution in [0.15, 0.2) is 18.2 Å². The molecule has 152 valence electrons. The van der Waals surface area contributed by atoms with Gasteiger partial charge >= 0.3 is 0 Å². The van der Waals surface area contributed by atoms with Crippen LogP contribution in [0.3, 0.4) is 0 Å². The van der Waals surface area contributed by atoms with Gasteiger partial charge < -0.3 is 20.3 Å². The summed E-state index contributed by atoms with van der Waals surface area (Å²) in [7, 11) is 0. The molecule has 0 radical (unpaired) electrons. The second kappa shape index (κ2) is 8.11. The highest BCUT2D eigenvalue weighted by molar-refractivity contribution is 5.89. The molecule has 3 saturated heterocycles. The number of aryl methyl sites for hydroxylation is 2. The summed E-state index contributed by atoms with van der Waals surface area (Å²) in [4.78, 5) is 27.6. The van der Waals surface area contributed by atoms with Crippen LogP contribution in [0, 0.1) is 25.7 Å². The lowest BCUT2D eigenvalue weighted by Crippen LogP contribution is -2.68. The van der Waals surface area contributed by atoms with Crippen molar-refractivity contribution in [3.8, 4) is 5.75 Å². The van der Waals surface area contributed by atoms with Crippen molar-refractivity contribution in [2.24, 2.45) is 11.8 Å². The van der Waals surface area contributed by atoms with E-state index in [-0.39, 0.29) is 29.8 Å². The molecule has 3 heterocycles. The van der Waals surface area contributed by atoms with Gasteiger partial charge in [-0.3, -0.25) is 9.59 Å². The van der Waals surface area contributed by atoms with Crippen LogP contribution in [0.2, 0.25) is 0 Å². The monoisotopic (exact) mass is 385 g/mol. The first-order valence-electron chi connectivity index (χ1n) is 10.5. The van der Waals surface area contributed by atoms with E-state index in [4.69, 9.17) is 4.74 Å². The molecule has 4 rings (SSSR count). The van der Waals surface area contributed by atoms with Crippen LogP contribution in [0.1, 0.15) is 36.8 Å². The summed E-state index contributed by atoms with van der Waals surface area (Å²) in [6.45, 7) is 6.69. The van der Waals surface area contributed by atoms with Gasteiger partial charge in [0.25, 0.3) is 0 Å². The normalized spacial score (nSPS) is 29.2. The highest BCUT2D eigenvalue weighted by Crippen LogP contribution is 2.39. The predicted octanol–water partition coefficient (Wildman–Crippen LogP) is 1.79. The molecule has 0 aromatic heterocycles. The van der Waals surface area contributed by atoms with Gasteiger partial charge in [-0.15, -0.1) is 0 Å². The Balaban J connectivity index is 1.37. The average molecular weight is 386 g/mol. The van der Waals surface area contributed by atoms with Crippen molar-refractivity contribution in [3.05, 3.63) is 29.3 Å². The zero-order chi connectivity index (χ0) is 19.7. The molecular formula is C22H31N3O3. The maximum atomic E-state index is 13.0. The van der Waals surface area contributed by atoms with Crippen molar-refractivity contribution in [1.82, 2.24) is 15.5 Å². The summed E-state index contributed by atoms with van der Waals surface area (Å²) in [6, 6.07) is 5.99. The number of fused-ring (bicyclic) bond motifs is 4. The van der Waals surface area contributed by atoms with Crippen molar-refractivity contribution in [2.45, 2.75) is 51.6 Å². The van der Waals surface area contributed by atoms with Gasteiger partial charge in [-0.05, 0) is 62.8 Å².